The third kappa shape index (κ3) is 9.79. The molecule has 1 atom stereocenters. The minimum Gasteiger partial charge on any atom is -0.463 e. The molecule has 0 fully saturated rings. The van der Waals surface area contributed by atoms with Gasteiger partial charge in [-0.2, -0.15) is 0 Å². The van der Waals surface area contributed by atoms with Gasteiger partial charge >= 0.3 is 11.9 Å². The number of alkyl halides is 1. The molecule has 0 N–H and O–H groups in total. The second-order valence-corrected chi connectivity index (χ2v) is 5.57. The van der Waals surface area contributed by atoms with Gasteiger partial charge in [-0.1, -0.05) is 41.4 Å². The van der Waals surface area contributed by atoms with E-state index in [-0.39, 0.29) is 12.6 Å². The van der Waals surface area contributed by atoms with Crippen molar-refractivity contribution >= 4 is 35.1 Å². The lowest BCUT2D eigenvalue weighted by molar-refractivity contribution is -0.148. The molecule has 0 aliphatic heterocycles. The van der Waals surface area contributed by atoms with Crippen LogP contribution in [0, 0.1) is 0 Å². The summed E-state index contributed by atoms with van der Waals surface area (Å²) in [6, 6.07) is 6.49. The third-order valence-corrected chi connectivity index (χ3v) is 3.28. The zero-order chi connectivity index (χ0) is 18.5. The number of ether oxygens (including phenoxy) is 3. The highest BCUT2D eigenvalue weighted by molar-refractivity contribution is 6.30. The van der Waals surface area contributed by atoms with Crippen LogP contribution in [0.2, 0.25) is 5.02 Å². The van der Waals surface area contributed by atoms with E-state index in [9.17, 15) is 9.59 Å². The lowest BCUT2D eigenvalue weighted by Crippen LogP contribution is -2.24. The van der Waals surface area contributed by atoms with Gasteiger partial charge in [0.1, 0.15) is 5.75 Å². The van der Waals surface area contributed by atoms with Gasteiger partial charge in [0, 0.05) is 11.1 Å². The fourth-order valence-corrected chi connectivity index (χ4v) is 1.91. The van der Waals surface area contributed by atoms with Crippen LogP contribution < -0.4 is 4.74 Å². The first-order valence-electron chi connectivity index (χ1n) is 7.75. The van der Waals surface area contributed by atoms with E-state index in [0.29, 0.717) is 30.2 Å². The lowest BCUT2D eigenvalue weighted by atomic mass is 10.3. The molecule has 5 nitrogen and oxygen atoms in total. The number of rotatable bonds is 10. The van der Waals surface area contributed by atoms with Crippen LogP contribution in [-0.4, -0.2) is 30.7 Å². The van der Waals surface area contributed by atoms with Crippen molar-refractivity contribution in [1.82, 2.24) is 0 Å². The van der Waals surface area contributed by atoms with Crippen molar-refractivity contribution in [2.24, 2.45) is 0 Å². The van der Waals surface area contributed by atoms with Crippen molar-refractivity contribution in [3.63, 3.8) is 0 Å². The maximum atomic E-state index is 11.7. The Morgan fingerprint density at radius 1 is 1.16 bits per heavy atom. The summed E-state index contributed by atoms with van der Waals surface area (Å²) in [7, 11) is 0. The standard InChI is InChI=1S/C18H20Cl2O5/c1-2-23-16(21)8-6-4-3-5-7-13-24-18(22)17(20)25-15-11-9-14(19)10-12-15/h3-4,6,8-12,17H,2,5,7,13H2,1H3. The first-order chi connectivity index (χ1) is 12.0. The van der Waals surface area contributed by atoms with Crippen LogP contribution in [0.25, 0.3) is 0 Å². The van der Waals surface area contributed by atoms with Gasteiger partial charge in [0.2, 0.25) is 0 Å². The van der Waals surface area contributed by atoms with Gasteiger partial charge < -0.3 is 14.2 Å². The second kappa shape index (κ2) is 12.4. The van der Waals surface area contributed by atoms with Crippen molar-refractivity contribution in [2.45, 2.75) is 25.3 Å². The van der Waals surface area contributed by atoms with E-state index in [1.807, 2.05) is 6.08 Å². The van der Waals surface area contributed by atoms with Gasteiger partial charge in [-0.3, -0.25) is 0 Å². The Labute approximate surface area is 157 Å². The first kappa shape index (κ1) is 21.1. The number of carbonyl (C=O) groups is 2. The summed E-state index contributed by atoms with van der Waals surface area (Å²) in [5, 5.41) is 0.561. The summed E-state index contributed by atoms with van der Waals surface area (Å²) in [6.45, 7) is 2.31. The Bertz CT molecular complexity index is 596. The molecule has 7 heteroatoms. The molecule has 0 spiro atoms. The fraction of sp³-hybridized carbons (Fsp3) is 0.333. The minimum atomic E-state index is -1.22. The molecular formula is C18H20Cl2O5. The minimum absolute atomic E-state index is 0.220. The lowest BCUT2D eigenvalue weighted by Gasteiger charge is -2.12. The van der Waals surface area contributed by atoms with Crippen LogP contribution in [0.15, 0.2) is 48.6 Å². The smallest absolute Gasteiger partial charge is 0.363 e. The quantitative estimate of drug-likeness (QED) is 0.197. The summed E-state index contributed by atoms with van der Waals surface area (Å²) in [5.74, 6) is -0.601. The molecule has 0 radical (unpaired) electrons. The molecule has 1 aromatic rings. The highest BCUT2D eigenvalue weighted by Crippen LogP contribution is 2.18. The van der Waals surface area contributed by atoms with Crippen LogP contribution in [0.4, 0.5) is 0 Å². The molecule has 0 heterocycles. The SMILES string of the molecule is CCOC(=O)C=CC=CCCCOC(=O)C(Cl)Oc1ccc(Cl)cc1. The molecule has 0 aromatic heterocycles. The fourth-order valence-electron chi connectivity index (χ4n) is 1.62. The predicted molar refractivity (Wildman–Crippen MR) is 96.8 cm³/mol. The van der Waals surface area contributed by atoms with E-state index in [4.69, 9.17) is 37.4 Å². The van der Waals surface area contributed by atoms with Gasteiger partial charge in [0.05, 0.1) is 13.2 Å². The Hall–Kier alpha value is -1.98. The maximum absolute atomic E-state index is 11.7. The Morgan fingerprint density at radius 2 is 1.88 bits per heavy atom. The van der Waals surface area contributed by atoms with Crippen molar-refractivity contribution in [2.75, 3.05) is 13.2 Å². The molecule has 25 heavy (non-hydrogen) atoms. The number of benzene rings is 1. The number of unbranched alkanes of at least 4 members (excludes halogenated alkanes) is 1. The van der Waals surface area contributed by atoms with Crippen LogP contribution in [-0.2, 0) is 19.1 Å². The predicted octanol–water partition coefficient (Wildman–Crippen LogP) is 4.28. The molecule has 0 bridgehead atoms. The first-order valence-corrected chi connectivity index (χ1v) is 8.57. The Balaban J connectivity index is 2.17. The third-order valence-electron chi connectivity index (χ3n) is 2.76. The second-order valence-electron chi connectivity index (χ2n) is 4.74. The molecule has 0 saturated heterocycles. The molecule has 0 saturated carbocycles. The summed E-state index contributed by atoms with van der Waals surface area (Å²) >= 11 is 11.6. The van der Waals surface area contributed by atoms with Crippen LogP contribution in [0.1, 0.15) is 19.8 Å². The summed E-state index contributed by atoms with van der Waals surface area (Å²) in [5.41, 5.74) is -1.22. The van der Waals surface area contributed by atoms with Crippen molar-refractivity contribution in [3.05, 3.63) is 53.6 Å². The highest BCUT2D eigenvalue weighted by atomic mass is 35.5. The number of allylic oxidation sites excluding steroid dienone is 3. The number of esters is 2. The molecule has 1 rings (SSSR count). The zero-order valence-corrected chi connectivity index (χ0v) is 15.3. The van der Waals surface area contributed by atoms with E-state index in [0.717, 1.165) is 0 Å². The van der Waals surface area contributed by atoms with E-state index in [2.05, 4.69) is 0 Å². The number of hydrogen-bond donors (Lipinski definition) is 0. The number of carbonyl (C=O) groups excluding carboxylic acids is 2. The topological polar surface area (TPSA) is 61.8 Å². The Morgan fingerprint density at radius 3 is 2.56 bits per heavy atom. The monoisotopic (exact) mass is 386 g/mol. The van der Waals surface area contributed by atoms with Gasteiger partial charge in [0.15, 0.2) is 0 Å². The van der Waals surface area contributed by atoms with Crippen molar-refractivity contribution < 1.29 is 23.8 Å². The van der Waals surface area contributed by atoms with Gasteiger partial charge in [-0.15, -0.1) is 0 Å². The molecule has 0 aliphatic carbocycles. The maximum Gasteiger partial charge on any atom is 0.363 e. The highest BCUT2D eigenvalue weighted by Gasteiger charge is 2.18. The molecule has 1 unspecified atom stereocenters. The summed E-state index contributed by atoms with van der Waals surface area (Å²) in [4.78, 5) is 22.7. The zero-order valence-electron chi connectivity index (χ0n) is 13.8. The number of hydrogen-bond acceptors (Lipinski definition) is 5. The summed E-state index contributed by atoms with van der Waals surface area (Å²) < 4.78 is 15.0. The largest absolute Gasteiger partial charge is 0.463 e. The average Bonchev–Trinajstić information content (AvgIpc) is 2.59. The molecule has 1 aromatic carbocycles. The number of halogens is 2. The molecule has 0 amide bonds. The normalized spacial score (nSPS) is 12.3. The molecule has 0 aliphatic rings. The van der Waals surface area contributed by atoms with E-state index in [1.165, 1.54) is 6.08 Å². The van der Waals surface area contributed by atoms with E-state index < -0.39 is 11.5 Å². The van der Waals surface area contributed by atoms with Crippen LogP contribution in [0.3, 0.4) is 0 Å². The van der Waals surface area contributed by atoms with Gasteiger partial charge in [0.25, 0.3) is 5.56 Å². The van der Waals surface area contributed by atoms with E-state index in [1.54, 1.807) is 43.3 Å². The van der Waals surface area contributed by atoms with Crippen LogP contribution >= 0.6 is 23.2 Å². The Kier molecular flexibility index (Phi) is 10.4. The summed E-state index contributed by atoms with van der Waals surface area (Å²) in [6.07, 6.45) is 7.83. The average molecular weight is 387 g/mol. The van der Waals surface area contributed by atoms with Crippen molar-refractivity contribution in [1.29, 1.82) is 0 Å². The van der Waals surface area contributed by atoms with Crippen LogP contribution in [0.5, 0.6) is 5.75 Å². The van der Waals surface area contributed by atoms with Crippen molar-refractivity contribution in [3.8, 4) is 5.75 Å². The van der Waals surface area contributed by atoms with Gasteiger partial charge in [-0.05, 0) is 44.0 Å². The van der Waals surface area contributed by atoms with Gasteiger partial charge in [-0.25, -0.2) is 9.59 Å². The molecular weight excluding hydrogens is 367 g/mol. The molecule has 136 valence electrons. The van der Waals surface area contributed by atoms with E-state index >= 15 is 0 Å².